The number of benzene rings is 1. The van der Waals surface area contributed by atoms with Crippen molar-refractivity contribution in [2.75, 3.05) is 5.32 Å². The first-order valence-electron chi connectivity index (χ1n) is 12.5. The van der Waals surface area contributed by atoms with Crippen molar-refractivity contribution in [2.24, 2.45) is 16.3 Å². The largest absolute Gasteiger partial charge is 0.448 e. The number of fused-ring (bicyclic) bond motifs is 1. The molecule has 3 aromatic heterocycles. The minimum atomic E-state index is -0.154. The Labute approximate surface area is 236 Å². The van der Waals surface area contributed by atoms with E-state index in [1.807, 2.05) is 25.1 Å². The fraction of sp³-hybridized carbons (Fsp3) is 0.310. The van der Waals surface area contributed by atoms with Crippen LogP contribution in [0.4, 0.5) is 10.7 Å². The molecule has 1 atom stereocenters. The first-order chi connectivity index (χ1) is 18.2. The molecule has 196 valence electrons. The van der Waals surface area contributed by atoms with E-state index in [-0.39, 0.29) is 11.3 Å². The van der Waals surface area contributed by atoms with Crippen molar-refractivity contribution >= 4 is 57.5 Å². The maximum Gasteiger partial charge on any atom is 0.259 e. The van der Waals surface area contributed by atoms with Crippen LogP contribution in [-0.4, -0.2) is 22.1 Å². The fourth-order valence-corrected chi connectivity index (χ4v) is 6.66. The summed E-state index contributed by atoms with van der Waals surface area (Å²) in [7, 11) is 0. The van der Waals surface area contributed by atoms with E-state index in [0.29, 0.717) is 43.2 Å². The molecule has 0 bridgehead atoms. The summed E-state index contributed by atoms with van der Waals surface area (Å²) in [5.41, 5.74) is 3.57. The number of rotatable bonds is 6. The molecule has 0 unspecified atom stereocenters. The lowest BCUT2D eigenvalue weighted by molar-refractivity contribution is 0.102. The number of anilines is 1. The Morgan fingerprint density at radius 2 is 2.00 bits per heavy atom. The summed E-state index contributed by atoms with van der Waals surface area (Å²) in [5, 5.41) is 5.66. The number of hydrogen-bond donors (Lipinski definition) is 1. The van der Waals surface area contributed by atoms with Crippen LogP contribution in [0.15, 0.2) is 68.3 Å². The van der Waals surface area contributed by atoms with Crippen LogP contribution in [0, 0.1) is 18.3 Å². The van der Waals surface area contributed by atoms with Crippen LogP contribution >= 0.6 is 34.7 Å². The van der Waals surface area contributed by atoms with E-state index in [1.165, 1.54) is 16.6 Å². The molecule has 1 aliphatic rings. The van der Waals surface area contributed by atoms with E-state index in [1.54, 1.807) is 48.0 Å². The zero-order valence-corrected chi connectivity index (χ0v) is 24.1. The molecule has 0 spiro atoms. The number of thiophene rings is 1. The molecule has 3 heterocycles. The first-order valence-corrected chi connectivity index (χ1v) is 14.5. The van der Waals surface area contributed by atoms with Gasteiger partial charge < -0.3 is 9.73 Å². The number of halogens is 1. The van der Waals surface area contributed by atoms with E-state index in [2.05, 4.69) is 36.1 Å². The van der Waals surface area contributed by atoms with Gasteiger partial charge in [-0.1, -0.05) is 32.4 Å². The molecule has 1 aromatic carbocycles. The van der Waals surface area contributed by atoms with Gasteiger partial charge in [-0.2, -0.15) is 0 Å². The van der Waals surface area contributed by atoms with Crippen molar-refractivity contribution in [2.45, 2.75) is 57.2 Å². The summed E-state index contributed by atoms with van der Waals surface area (Å²) in [4.78, 5) is 28.2. The second-order valence-electron chi connectivity index (χ2n) is 10.4. The van der Waals surface area contributed by atoms with Gasteiger partial charge in [-0.25, -0.2) is 15.0 Å². The molecule has 9 heteroatoms. The summed E-state index contributed by atoms with van der Waals surface area (Å²) < 4.78 is 5.95. The third-order valence-corrected chi connectivity index (χ3v) is 8.89. The number of nitrogens with one attached hydrogen (secondary N) is 1. The number of carbonyl (C=O) groups is 1. The molecule has 5 rings (SSSR count). The van der Waals surface area contributed by atoms with Crippen LogP contribution in [0.1, 0.15) is 59.4 Å². The summed E-state index contributed by atoms with van der Waals surface area (Å²) in [5.74, 6) is 1.01. The van der Waals surface area contributed by atoms with Gasteiger partial charge in [0.1, 0.15) is 10.8 Å². The zero-order valence-electron chi connectivity index (χ0n) is 21.7. The van der Waals surface area contributed by atoms with Crippen molar-refractivity contribution in [3.63, 3.8) is 0 Å². The number of hydrogen-bond acceptors (Lipinski definition) is 7. The average Bonchev–Trinajstić information content (AvgIpc) is 3.47. The van der Waals surface area contributed by atoms with Crippen molar-refractivity contribution in [3.8, 4) is 0 Å². The fourth-order valence-electron chi connectivity index (χ4n) is 4.51. The Hall–Kier alpha value is -2.94. The van der Waals surface area contributed by atoms with Crippen molar-refractivity contribution in [3.05, 3.63) is 81.1 Å². The van der Waals surface area contributed by atoms with Crippen LogP contribution in [0.5, 0.6) is 0 Å². The molecular formula is C29H29ClN4O2S2. The smallest absolute Gasteiger partial charge is 0.259 e. The maximum absolute atomic E-state index is 13.5. The van der Waals surface area contributed by atoms with Crippen molar-refractivity contribution in [1.82, 2.24) is 9.97 Å². The van der Waals surface area contributed by atoms with Crippen LogP contribution in [0.3, 0.4) is 0 Å². The molecule has 0 saturated carbocycles. The Balaban J connectivity index is 1.42. The highest BCUT2D eigenvalue weighted by Crippen LogP contribution is 2.45. The molecule has 6 nitrogen and oxygen atoms in total. The second-order valence-corrected chi connectivity index (χ2v) is 12.9. The highest BCUT2D eigenvalue weighted by Gasteiger charge is 2.33. The Morgan fingerprint density at radius 1 is 1.21 bits per heavy atom. The van der Waals surface area contributed by atoms with Crippen LogP contribution in [-0.2, 0) is 12.8 Å². The molecule has 0 saturated heterocycles. The van der Waals surface area contributed by atoms with E-state index in [4.69, 9.17) is 21.0 Å². The molecule has 0 aliphatic heterocycles. The van der Waals surface area contributed by atoms with E-state index < -0.39 is 0 Å². The lowest BCUT2D eigenvalue weighted by Crippen LogP contribution is -2.27. The molecule has 4 aromatic rings. The average molecular weight is 565 g/mol. The molecule has 1 N–H and O–H groups in total. The number of aryl methyl sites for hydroxylation is 1. The predicted octanol–water partition coefficient (Wildman–Crippen LogP) is 8.40. The number of amides is 1. The number of nitrogens with zero attached hydrogens (tertiary/aromatic N) is 3. The van der Waals surface area contributed by atoms with E-state index in [9.17, 15) is 4.79 Å². The standard InChI is InChI=1S/C29H29ClN4O2S2/c1-17-13-14-31-28(33-17)38-24-12-10-21(36-24)16-32-27-25(26(35)34-20-8-6-19(30)7-9-20)22-11-5-18(29(2,3)4)15-23(22)37-27/h6-10,12-14,16,18H,5,11,15H2,1-4H3,(H,34,35)/t18-/m1/s1. The van der Waals surface area contributed by atoms with E-state index >= 15 is 0 Å². The minimum absolute atomic E-state index is 0.154. The van der Waals surface area contributed by atoms with Gasteiger partial charge in [-0.05, 0) is 97.3 Å². The second kappa shape index (κ2) is 11.0. The van der Waals surface area contributed by atoms with Crippen LogP contribution < -0.4 is 5.32 Å². The highest BCUT2D eigenvalue weighted by atomic mass is 35.5. The molecule has 38 heavy (non-hydrogen) atoms. The SMILES string of the molecule is Cc1ccnc(Sc2ccc(C=Nc3sc4c(c3C(=O)Nc3ccc(Cl)cc3)CC[C@@H](C(C)(C)C)C4)o2)n1. The van der Waals surface area contributed by atoms with Gasteiger partial charge in [0.05, 0.1) is 11.8 Å². The van der Waals surface area contributed by atoms with Crippen LogP contribution in [0.25, 0.3) is 0 Å². The van der Waals surface area contributed by atoms with Gasteiger partial charge in [-0.3, -0.25) is 4.79 Å². The van der Waals surface area contributed by atoms with Gasteiger partial charge >= 0.3 is 0 Å². The number of aliphatic imine (C=N–C) groups is 1. The van der Waals surface area contributed by atoms with Crippen molar-refractivity contribution in [1.29, 1.82) is 0 Å². The lowest BCUT2D eigenvalue weighted by Gasteiger charge is -2.33. The first kappa shape index (κ1) is 26.7. The molecule has 0 radical (unpaired) electrons. The summed E-state index contributed by atoms with van der Waals surface area (Å²) in [6.07, 6.45) is 6.29. The number of carbonyl (C=O) groups excluding carboxylic acids is 1. The van der Waals surface area contributed by atoms with Crippen molar-refractivity contribution < 1.29 is 9.21 Å². The summed E-state index contributed by atoms with van der Waals surface area (Å²) in [6, 6.07) is 12.7. The Bertz CT molecular complexity index is 1490. The summed E-state index contributed by atoms with van der Waals surface area (Å²) in [6.45, 7) is 8.80. The number of aromatic nitrogens is 2. The minimum Gasteiger partial charge on any atom is -0.448 e. The van der Waals surface area contributed by atoms with Gasteiger partial charge in [0.25, 0.3) is 5.91 Å². The van der Waals surface area contributed by atoms with Gasteiger partial charge in [-0.15, -0.1) is 11.3 Å². The molecule has 0 fully saturated rings. The molecule has 1 amide bonds. The zero-order chi connectivity index (χ0) is 26.9. The lowest BCUT2D eigenvalue weighted by atomic mass is 9.72. The molecular weight excluding hydrogens is 536 g/mol. The van der Waals surface area contributed by atoms with E-state index in [0.717, 1.165) is 30.5 Å². The monoisotopic (exact) mass is 564 g/mol. The van der Waals surface area contributed by atoms with Gasteiger partial charge in [0.2, 0.25) is 0 Å². The van der Waals surface area contributed by atoms with Gasteiger partial charge in [0.15, 0.2) is 10.2 Å². The topological polar surface area (TPSA) is 80.4 Å². The predicted molar refractivity (Wildman–Crippen MR) is 156 cm³/mol. The third kappa shape index (κ3) is 6.20. The van der Waals surface area contributed by atoms with Gasteiger partial charge in [0, 0.05) is 27.5 Å². The maximum atomic E-state index is 13.5. The molecule has 1 aliphatic carbocycles. The number of furan rings is 1. The Kier molecular flexibility index (Phi) is 7.75. The Morgan fingerprint density at radius 3 is 2.74 bits per heavy atom. The normalized spacial score (nSPS) is 15.6. The third-order valence-electron chi connectivity index (χ3n) is 6.68. The highest BCUT2D eigenvalue weighted by molar-refractivity contribution is 7.99. The quantitative estimate of drug-likeness (QED) is 0.188. The summed E-state index contributed by atoms with van der Waals surface area (Å²) >= 11 is 8.99. The van der Waals surface area contributed by atoms with Crippen LogP contribution in [0.2, 0.25) is 5.02 Å².